The number of para-hydroxylation sites is 2. The summed E-state index contributed by atoms with van der Waals surface area (Å²) in [5, 5.41) is 5.15. The van der Waals surface area contributed by atoms with Crippen molar-refractivity contribution in [3.8, 4) is 17.2 Å². The molecule has 0 heterocycles. The van der Waals surface area contributed by atoms with Crippen molar-refractivity contribution in [2.24, 2.45) is 0 Å². The van der Waals surface area contributed by atoms with E-state index < -0.39 is 11.8 Å². The van der Waals surface area contributed by atoms with E-state index >= 15 is 0 Å². The quantitative estimate of drug-likeness (QED) is 0.730. The van der Waals surface area contributed by atoms with Crippen LogP contribution in [-0.2, 0) is 16.1 Å². The lowest BCUT2D eigenvalue weighted by Gasteiger charge is -2.14. The molecule has 0 aliphatic carbocycles. The van der Waals surface area contributed by atoms with Crippen molar-refractivity contribution in [2.45, 2.75) is 26.5 Å². The average Bonchev–Trinajstić information content (AvgIpc) is 2.66. The Bertz CT molecular complexity index is 805. The van der Waals surface area contributed by atoms with Crippen LogP contribution < -0.4 is 24.8 Å². The molecular weight excluding hydrogens is 348 g/mol. The second-order valence-electron chi connectivity index (χ2n) is 5.99. The highest BCUT2D eigenvalue weighted by Crippen LogP contribution is 2.27. The highest BCUT2D eigenvalue weighted by atomic mass is 16.5. The number of hydrogen-bond acceptors (Lipinski definition) is 5. The molecule has 0 bridgehead atoms. The molecule has 27 heavy (non-hydrogen) atoms. The summed E-state index contributed by atoms with van der Waals surface area (Å²) in [5.74, 6) is 0.133. The van der Waals surface area contributed by atoms with Gasteiger partial charge in [-0.15, -0.1) is 0 Å². The third kappa shape index (κ3) is 5.64. The number of hydrogen-bond donors (Lipinski definition) is 2. The number of carbonyl (C=O) groups is 2. The van der Waals surface area contributed by atoms with Crippen LogP contribution in [0.5, 0.6) is 17.2 Å². The smallest absolute Gasteiger partial charge is 0.313 e. The van der Waals surface area contributed by atoms with Crippen molar-refractivity contribution in [3.63, 3.8) is 0 Å². The van der Waals surface area contributed by atoms with Crippen molar-refractivity contribution in [2.75, 3.05) is 19.5 Å². The molecule has 0 fully saturated rings. The van der Waals surface area contributed by atoms with E-state index in [4.69, 9.17) is 14.2 Å². The highest BCUT2D eigenvalue weighted by molar-refractivity contribution is 6.39. The molecule has 0 radical (unpaired) electrons. The van der Waals surface area contributed by atoms with Gasteiger partial charge in [-0.05, 0) is 43.7 Å². The van der Waals surface area contributed by atoms with Gasteiger partial charge in [-0.1, -0.05) is 18.2 Å². The summed E-state index contributed by atoms with van der Waals surface area (Å²) in [6.45, 7) is 3.94. The summed E-state index contributed by atoms with van der Waals surface area (Å²) in [6.07, 6.45) is -0.0538. The first-order valence-electron chi connectivity index (χ1n) is 8.50. The molecular formula is C20H24N2O5. The predicted octanol–water partition coefficient (Wildman–Crippen LogP) is 2.75. The molecule has 0 aliphatic rings. The molecule has 7 nitrogen and oxygen atoms in total. The molecule has 0 saturated heterocycles. The third-order valence-corrected chi connectivity index (χ3v) is 3.61. The first-order chi connectivity index (χ1) is 12.9. The molecule has 0 saturated carbocycles. The third-order valence-electron chi connectivity index (χ3n) is 3.61. The number of ether oxygens (including phenoxy) is 3. The number of anilines is 1. The van der Waals surface area contributed by atoms with Gasteiger partial charge < -0.3 is 24.8 Å². The van der Waals surface area contributed by atoms with Crippen LogP contribution in [0.25, 0.3) is 0 Å². The summed E-state index contributed by atoms with van der Waals surface area (Å²) >= 11 is 0. The fraction of sp³-hybridized carbons (Fsp3) is 0.300. The molecule has 0 spiro atoms. The topological polar surface area (TPSA) is 85.9 Å². The summed E-state index contributed by atoms with van der Waals surface area (Å²) in [4.78, 5) is 24.3. The van der Waals surface area contributed by atoms with E-state index in [-0.39, 0.29) is 12.6 Å². The minimum atomic E-state index is -0.768. The molecule has 2 aromatic carbocycles. The number of methoxy groups -OCH3 is 2. The highest BCUT2D eigenvalue weighted by Gasteiger charge is 2.16. The number of rotatable bonds is 7. The Balaban J connectivity index is 1.98. The summed E-state index contributed by atoms with van der Waals surface area (Å²) in [6, 6.07) is 12.2. The normalized spacial score (nSPS) is 10.3. The van der Waals surface area contributed by atoms with Gasteiger partial charge in [-0.3, -0.25) is 9.59 Å². The van der Waals surface area contributed by atoms with E-state index in [0.717, 1.165) is 5.56 Å². The zero-order valence-electron chi connectivity index (χ0n) is 15.9. The standard InChI is InChI=1S/C20H24N2O5/c1-13(2)27-16-8-6-5-7-15(16)22-20(24)19(23)21-12-14-9-10-17(25-3)18(11-14)26-4/h5-11,13H,12H2,1-4H3,(H,21,23)(H,22,24). The molecule has 0 aromatic heterocycles. The number of benzene rings is 2. The van der Waals surface area contributed by atoms with Crippen LogP contribution in [0.3, 0.4) is 0 Å². The van der Waals surface area contributed by atoms with Crippen molar-refractivity contribution in [1.29, 1.82) is 0 Å². The summed E-state index contributed by atoms with van der Waals surface area (Å²) in [7, 11) is 3.08. The summed E-state index contributed by atoms with van der Waals surface area (Å²) < 4.78 is 16.0. The van der Waals surface area contributed by atoms with E-state index in [9.17, 15) is 9.59 Å². The Hall–Kier alpha value is -3.22. The first-order valence-corrected chi connectivity index (χ1v) is 8.50. The van der Waals surface area contributed by atoms with Crippen LogP contribution in [0, 0.1) is 0 Å². The molecule has 2 aromatic rings. The molecule has 2 amide bonds. The molecule has 7 heteroatoms. The number of carbonyl (C=O) groups excluding carboxylic acids is 2. The van der Waals surface area contributed by atoms with E-state index in [1.807, 2.05) is 13.8 Å². The van der Waals surface area contributed by atoms with Crippen LogP contribution in [0.1, 0.15) is 19.4 Å². The molecule has 0 aliphatic heterocycles. The Morgan fingerprint density at radius 1 is 0.926 bits per heavy atom. The maximum atomic E-state index is 12.2. The van der Waals surface area contributed by atoms with Gasteiger partial charge in [0, 0.05) is 6.54 Å². The van der Waals surface area contributed by atoms with Crippen molar-refractivity contribution < 1.29 is 23.8 Å². The van der Waals surface area contributed by atoms with Gasteiger partial charge in [0.25, 0.3) is 0 Å². The maximum absolute atomic E-state index is 12.2. The number of nitrogens with one attached hydrogen (secondary N) is 2. The Kier molecular flexibility index (Phi) is 7.05. The van der Waals surface area contributed by atoms with Gasteiger partial charge in [0.2, 0.25) is 0 Å². The van der Waals surface area contributed by atoms with Crippen molar-refractivity contribution >= 4 is 17.5 Å². The zero-order valence-corrected chi connectivity index (χ0v) is 15.9. The summed E-state index contributed by atoms with van der Waals surface area (Å²) in [5.41, 5.74) is 1.22. The van der Waals surface area contributed by atoms with Gasteiger partial charge in [-0.25, -0.2) is 0 Å². The lowest BCUT2D eigenvalue weighted by atomic mass is 10.2. The van der Waals surface area contributed by atoms with E-state index in [1.165, 1.54) is 7.11 Å². The number of amides is 2. The predicted molar refractivity (Wildman–Crippen MR) is 102 cm³/mol. The Morgan fingerprint density at radius 3 is 2.30 bits per heavy atom. The fourth-order valence-electron chi connectivity index (χ4n) is 2.36. The van der Waals surface area contributed by atoms with Gasteiger partial charge in [0.1, 0.15) is 5.75 Å². The second kappa shape index (κ2) is 9.47. The molecule has 144 valence electrons. The lowest BCUT2D eigenvalue weighted by molar-refractivity contribution is -0.136. The van der Waals surface area contributed by atoms with Gasteiger partial charge in [0.05, 0.1) is 26.0 Å². The van der Waals surface area contributed by atoms with Crippen molar-refractivity contribution in [1.82, 2.24) is 5.32 Å². The first kappa shape index (κ1) is 20.1. The molecule has 2 rings (SSSR count). The van der Waals surface area contributed by atoms with Crippen LogP contribution in [-0.4, -0.2) is 32.1 Å². The zero-order chi connectivity index (χ0) is 19.8. The van der Waals surface area contributed by atoms with Crippen LogP contribution in [0.4, 0.5) is 5.69 Å². The lowest BCUT2D eigenvalue weighted by Crippen LogP contribution is -2.35. The second-order valence-corrected chi connectivity index (χ2v) is 5.99. The van der Waals surface area contributed by atoms with E-state index in [0.29, 0.717) is 22.9 Å². The van der Waals surface area contributed by atoms with Gasteiger partial charge in [0.15, 0.2) is 11.5 Å². The van der Waals surface area contributed by atoms with Crippen LogP contribution >= 0.6 is 0 Å². The SMILES string of the molecule is COc1ccc(CNC(=O)C(=O)Nc2ccccc2OC(C)C)cc1OC. The fourth-order valence-corrected chi connectivity index (χ4v) is 2.36. The minimum Gasteiger partial charge on any atom is -0.493 e. The van der Waals surface area contributed by atoms with E-state index in [1.54, 1.807) is 49.6 Å². The maximum Gasteiger partial charge on any atom is 0.313 e. The van der Waals surface area contributed by atoms with Crippen molar-refractivity contribution in [3.05, 3.63) is 48.0 Å². The van der Waals surface area contributed by atoms with Gasteiger partial charge in [-0.2, -0.15) is 0 Å². The minimum absolute atomic E-state index is 0.0538. The molecule has 0 unspecified atom stereocenters. The molecule has 0 atom stereocenters. The van der Waals surface area contributed by atoms with Crippen LogP contribution in [0.15, 0.2) is 42.5 Å². The Morgan fingerprint density at radius 2 is 1.63 bits per heavy atom. The average molecular weight is 372 g/mol. The largest absolute Gasteiger partial charge is 0.493 e. The monoisotopic (exact) mass is 372 g/mol. The van der Waals surface area contributed by atoms with Gasteiger partial charge >= 0.3 is 11.8 Å². The van der Waals surface area contributed by atoms with Crippen LogP contribution in [0.2, 0.25) is 0 Å². The molecule has 2 N–H and O–H groups in total. The Labute approximate surface area is 158 Å². The van der Waals surface area contributed by atoms with E-state index in [2.05, 4.69) is 10.6 Å².